The molecule has 0 saturated carbocycles. The van der Waals surface area contributed by atoms with Crippen molar-refractivity contribution in [2.45, 2.75) is 13.5 Å². The minimum atomic E-state index is -0.200. The highest BCUT2D eigenvalue weighted by atomic mass is 35.5. The van der Waals surface area contributed by atoms with Gasteiger partial charge in [-0.2, -0.15) is 0 Å². The van der Waals surface area contributed by atoms with Gasteiger partial charge in [-0.15, -0.1) is 11.3 Å². The van der Waals surface area contributed by atoms with Crippen LogP contribution in [0.15, 0.2) is 66.7 Å². The summed E-state index contributed by atoms with van der Waals surface area (Å²) in [6, 6.07) is 21.2. The maximum absolute atomic E-state index is 12.6. The summed E-state index contributed by atoms with van der Waals surface area (Å²) in [6.45, 7) is 2.14. The Balaban J connectivity index is 1.45. The Morgan fingerprint density at radius 1 is 1.07 bits per heavy atom. The Morgan fingerprint density at radius 2 is 1.89 bits per heavy atom. The predicted octanol–water partition coefficient (Wildman–Crippen LogP) is 6.09. The Bertz CT molecular complexity index is 1160. The summed E-state index contributed by atoms with van der Waals surface area (Å²) in [7, 11) is 0. The molecule has 0 fully saturated rings. The number of aryl methyl sites for hydroxylation is 1. The quantitative estimate of drug-likeness (QED) is 0.434. The van der Waals surface area contributed by atoms with E-state index < -0.39 is 0 Å². The van der Waals surface area contributed by atoms with Crippen molar-refractivity contribution in [3.05, 3.63) is 87.3 Å². The van der Waals surface area contributed by atoms with Gasteiger partial charge in [-0.1, -0.05) is 48.0 Å². The topological polar surface area (TPSA) is 51.2 Å². The number of fused-ring (bicyclic) bond motifs is 1. The highest BCUT2D eigenvalue weighted by molar-refractivity contribution is 7.13. The molecule has 28 heavy (non-hydrogen) atoms. The van der Waals surface area contributed by atoms with Crippen LogP contribution in [-0.4, -0.2) is 10.9 Å². The molecule has 4 rings (SSSR count). The molecule has 4 nitrogen and oxygen atoms in total. The second-order valence-electron chi connectivity index (χ2n) is 6.28. The molecule has 0 saturated heterocycles. The lowest BCUT2D eigenvalue weighted by molar-refractivity contribution is 0.103. The fourth-order valence-corrected chi connectivity index (χ4v) is 3.94. The number of halogens is 1. The number of hydrogen-bond acceptors (Lipinski definition) is 4. The maximum atomic E-state index is 12.6. The zero-order valence-corrected chi connectivity index (χ0v) is 16.7. The first-order chi connectivity index (χ1) is 13.6. The van der Waals surface area contributed by atoms with E-state index >= 15 is 0 Å². The molecule has 0 unspecified atom stereocenters. The number of carbonyl (C=O) groups excluding carboxylic acids is 1. The van der Waals surface area contributed by atoms with Gasteiger partial charge in [0, 0.05) is 10.7 Å². The number of nitrogens with zero attached hydrogens (tertiary/aromatic N) is 1. The van der Waals surface area contributed by atoms with Crippen LogP contribution in [0.25, 0.3) is 10.8 Å². The second-order valence-corrected chi connectivity index (χ2v) is 7.80. The summed E-state index contributed by atoms with van der Waals surface area (Å²) >= 11 is 7.30. The first-order valence-corrected chi connectivity index (χ1v) is 9.93. The van der Waals surface area contributed by atoms with Crippen molar-refractivity contribution in [2.75, 3.05) is 5.32 Å². The molecule has 140 valence electrons. The van der Waals surface area contributed by atoms with E-state index in [0.29, 0.717) is 27.9 Å². The fourth-order valence-electron chi connectivity index (χ4n) is 2.88. The molecular weight excluding hydrogens is 392 g/mol. The van der Waals surface area contributed by atoms with Crippen LogP contribution in [0.1, 0.15) is 20.4 Å². The Labute approximate surface area is 171 Å². The Kier molecular flexibility index (Phi) is 5.28. The van der Waals surface area contributed by atoms with Crippen molar-refractivity contribution in [2.24, 2.45) is 0 Å². The number of anilines is 1. The van der Waals surface area contributed by atoms with Crippen molar-refractivity contribution in [3.63, 3.8) is 0 Å². The molecule has 0 aliphatic carbocycles. The summed E-state index contributed by atoms with van der Waals surface area (Å²) in [5.41, 5.74) is 1.33. The van der Waals surface area contributed by atoms with Crippen LogP contribution in [-0.2, 0) is 6.61 Å². The average Bonchev–Trinajstić information content (AvgIpc) is 3.07. The first kappa shape index (κ1) is 18.5. The molecule has 3 aromatic carbocycles. The molecule has 0 spiro atoms. The Hall–Kier alpha value is -2.89. The molecular formula is C22H17ClN2O2S. The van der Waals surface area contributed by atoms with Crippen LogP contribution in [0.4, 0.5) is 5.69 Å². The molecule has 0 bridgehead atoms. The van der Waals surface area contributed by atoms with Gasteiger partial charge in [0.25, 0.3) is 5.91 Å². The molecule has 0 aliphatic heterocycles. The minimum Gasteiger partial charge on any atom is -0.486 e. The number of benzene rings is 3. The van der Waals surface area contributed by atoms with E-state index in [0.717, 1.165) is 16.1 Å². The van der Waals surface area contributed by atoms with Crippen LogP contribution in [0.3, 0.4) is 0 Å². The molecule has 1 aromatic heterocycles. The number of amides is 1. The van der Waals surface area contributed by atoms with E-state index in [1.165, 1.54) is 16.7 Å². The number of aromatic nitrogens is 1. The van der Waals surface area contributed by atoms with E-state index in [9.17, 15) is 4.79 Å². The summed E-state index contributed by atoms with van der Waals surface area (Å²) < 4.78 is 5.88. The normalized spacial score (nSPS) is 10.8. The van der Waals surface area contributed by atoms with Crippen LogP contribution >= 0.6 is 22.9 Å². The van der Waals surface area contributed by atoms with Crippen molar-refractivity contribution < 1.29 is 9.53 Å². The largest absolute Gasteiger partial charge is 0.486 e. The molecule has 6 heteroatoms. The number of thiazole rings is 1. The number of carbonyl (C=O) groups is 1. The smallest absolute Gasteiger partial charge is 0.267 e. The third kappa shape index (κ3) is 4.16. The van der Waals surface area contributed by atoms with Crippen molar-refractivity contribution in [3.8, 4) is 5.75 Å². The molecule has 1 N–H and O–H groups in total. The van der Waals surface area contributed by atoms with Crippen LogP contribution in [0.5, 0.6) is 5.75 Å². The average molecular weight is 409 g/mol. The zero-order valence-electron chi connectivity index (χ0n) is 15.1. The van der Waals surface area contributed by atoms with Crippen LogP contribution in [0.2, 0.25) is 5.02 Å². The van der Waals surface area contributed by atoms with Gasteiger partial charge in [0.05, 0.1) is 5.69 Å². The lowest BCUT2D eigenvalue weighted by Crippen LogP contribution is -2.11. The zero-order chi connectivity index (χ0) is 19.5. The van der Waals surface area contributed by atoms with Gasteiger partial charge in [0.15, 0.2) is 0 Å². The molecule has 1 heterocycles. The standard InChI is InChI=1S/C22H17ClN2O2S/c1-14-21(22(26)25-18-8-4-7-17(23)12-18)28-20(24-14)13-27-19-10-9-15-5-2-3-6-16(15)11-19/h2-12H,13H2,1H3,(H,25,26). The van der Waals surface area contributed by atoms with Crippen molar-refractivity contribution in [1.82, 2.24) is 4.98 Å². The molecule has 4 aromatic rings. The van der Waals surface area contributed by atoms with Crippen LogP contribution < -0.4 is 10.1 Å². The highest BCUT2D eigenvalue weighted by Crippen LogP contribution is 2.24. The second kappa shape index (κ2) is 8.00. The maximum Gasteiger partial charge on any atom is 0.267 e. The molecule has 0 aliphatic rings. The first-order valence-electron chi connectivity index (χ1n) is 8.73. The minimum absolute atomic E-state index is 0.200. The van der Waals surface area contributed by atoms with Gasteiger partial charge in [0.1, 0.15) is 22.2 Å². The summed E-state index contributed by atoms with van der Waals surface area (Å²) in [5.74, 6) is 0.575. The van der Waals surface area contributed by atoms with Gasteiger partial charge < -0.3 is 10.1 Å². The van der Waals surface area contributed by atoms with Gasteiger partial charge in [0.2, 0.25) is 0 Å². The number of ether oxygens (including phenoxy) is 1. The van der Waals surface area contributed by atoms with Crippen molar-refractivity contribution >= 4 is 45.3 Å². The number of hydrogen-bond donors (Lipinski definition) is 1. The summed E-state index contributed by atoms with van der Waals surface area (Å²) in [4.78, 5) is 17.6. The predicted molar refractivity (Wildman–Crippen MR) is 115 cm³/mol. The van der Waals surface area contributed by atoms with E-state index in [-0.39, 0.29) is 5.91 Å². The monoisotopic (exact) mass is 408 g/mol. The summed E-state index contributed by atoms with van der Waals surface area (Å²) in [6.07, 6.45) is 0. The highest BCUT2D eigenvalue weighted by Gasteiger charge is 2.16. The van der Waals surface area contributed by atoms with E-state index in [1.54, 1.807) is 24.3 Å². The third-order valence-corrected chi connectivity index (χ3v) is 5.58. The van der Waals surface area contributed by atoms with Gasteiger partial charge in [-0.25, -0.2) is 4.98 Å². The molecule has 1 amide bonds. The van der Waals surface area contributed by atoms with E-state index in [1.807, 2.05) is 43.3 Å². The van der Waals surface area contributed by atoms with Gasteiger partial charge in [-0.05, 0) is 48.0 Å². The lowest BCUT2D eigenvalue weighted by Gasteiger charge is -2.05. The third-order valence-electron chi connectivity index (χ3n) is 4.21. The number of nitrogens with one attached hydrogen (secondary N) is 1. The van der Waals surface area contributed by atoms with E-state index in [4.69, 9.17) is 16.3 Å². The summed E-state index contributed by atoms with van der Waals surface area (Å²) in [5, 5.41) is 6.47. The Morgan fingerprint density at radius 3 is 2.71 bits per heavy atom. The van der Waals surface area contributed by atoms with Crippen molar-refractivity contribution in [1.29, 1.82) is 0 Å². The van der Waals surface area contributed by atoms with E-state index in [2.05, 4.69) is 16.4 Å². The SMILES string of the molecule is Cc1nc(COc2ccc3ccccc3c2)sc1C(=O)Nc1cccc(Cl)c1. The molecule has 0 atom stereocenters. The van der Waals surface area contributed by atoms with Gasteiger partial charge >= 0.3 is 0 Å². The fraction of sp³-hybridized carbons (Fsp3) is 0.0909. The number of rotatable bonds is 5. The lowest BCUT2D eigenvalue weighted by atomic mass is 10.1. The van der Waals surface area contributed by atoms with Gasteiger partial charge in [-0.3, -0.25) is 4.79 Å². The van der Waals surface area contributed by atoms with Crippen LogP contribution in [0, 0.1) is 6.92 Å². The molecule has 0 radical (unpaired) electrons.